The van der Waals surface area contributed by atoms with Crippen LogP contribution in [0.2, 0.25) is 0 Å². The molecule has 0 fully saturated rings. The van der Waals surface area contributed by atoms with E-state index >= 15 is 0 Å². The Kier molecular flexibility index (Phi) is 9.36. The van der Waals surface area contributed by atoms with E-state index < -0.39 is 10.8 Å². The second kappa shape index (κ2) is 9.59. The fraction of sp³-hybridized carbons (Fsp3) is 0.917. The first-order chi connectivity index (χ1) is 7.93. The molecule has 0 rings (SSSR count). The molecule has 4 nitrogen and oxygen atoms in total. The summed E-state index contributed by atoms with van der Waals surface area (Å²) in [7, 11) is -0.742. The molecule has 0 saturated carbocycles. The van der Waals surface area contributed by atoms with Crippen molar-refractivity contribution < 1.29 is 9.00 Å². The molecule has 2 unspecified atom stereocenters. The van der Waals surface area contributed by atoms with Crippen LogP contribution >= 0.6 is 0 Å². The minimum atomic E-state index is -0.742. The highest BCUT2D eigenvalue weighted by atomic mass is 32.2. The molecule has 0 heterocycles. The molecule has 17 heavy (non-hydrogen) atoms. The van der Waals surface area contributed by atoms with Crippen LogP contribution in [0.25, 0.3) is 0 Å². The van der Waals surface area contributed by atoms with Gasteiger partial charge in [-0.05, 0) is 32.2 Å². The standard InChI is InChI=1S/C12H26N2O2S/c1-10(2)6-8-14-12(15)11(3)13-7-5-9-17(4)16/h10-11,13H,5-9H2,1-4H3,(H,14,15). The number of carbonyl (C=O) groups excluding carboxylic acids is 1. The number of hydrogen-bond acceptors (Lipinski definition) is 3. The minimum absolute atomic E-state index is 0.0447. The molecular weight excluding hydrogens is 236 g/mol. The van der Waals surface area contributed by atoms with Gasteiger partial charge >= 0.3 is 0 Å². The molecule has 0 spiro atoms. The highest BCUT2D eigenvalue weighted by Crippen LogP contribution is 1.96. The molecule has 5 heteroatoms. The summed E-state index contributed by atoms with van der Waals surface area (Å²) in [6, 6.07) is -0.174. The van der Waals surface area contributed by atoms with E-state index in [2.05, 4.69) is 24.5 Å². The van der Waals surface area contributed by atoms with Gasteiger partial charge in [0.15, 0.2) is 0 Å². The fourth-order valence-corrected chi connectivity index (χ4v) is 1.87. The zero-order valence-electron chi connectivity index (χ0n) is 11.4. The lowest BCUT2D eigenvalue weighted by atomic mass is 10.1. The van der Waals surface area contributed by atoms with Crippen LogP contribution in [0.4, 0.5) is 0 Å². The zero-order chi connectivity index (χ0) is 13.3. The molecule has 1 amide bonds. The Morgan fingerprint density at radius 3 is 2.41 bits per heavy atom. The van der Waals surface area contributed by atoms with Crippen molar-refractivity contribution in [1.82, 2.24) is 10.6 Å². The molecule has 0 aliphatic rings. The van der Waals surface area contributed by atoms with Crippen LogP contribution in [-0.2, 0) is 15.6 Å². The van der Waals surface area contributed by atoms with Crippen molar-refractivity contribution >= 4 is 16.7 Å². The van der Waals surface area contributed by atoms with E-state index in [0.29, 0.717) is 11.7 Å². The third kappa shape index (κ3) is 10.5. The van der Waals surface area contributed by atoms with Gasteiger partial charge in [0, 0.05) is 29.4 Å². The molecule has 0 aromatic rings. The van der Waals surface area contributed by atoms with Crippen LogP contribution in [0, 0.1) is 5.92 Å². The Bertz CT molecular complexity index is 245. The van der Waals surface area contributed by atoms with E-state index in [-0.39, 0.29) is 11.9 Å². The van der Waals surface area contributed by atoms with Gasteiger partial charge in [0.25, 0.3) is 0 Å². The molecule has 0 bridgehead atoms. The molecule has 0 aromatic carbocycles. The summed E-state index contributed by atoms with van der Waals surface area (Å²) in [6.07, 6.45) is 3.54. The lowest BCUT2D eigenvalue weighted by Gasteiger charge is -2.14. The zero-order valence-corrected chi connectivity index (χ0v) is 12.2. The molecule has 0 saturated heterocycles. The van der Waals surface area contributed by atoms with E-state index in [1.165, 1.54) is 0 Å². The smallest absolute Gasteiger partial charge is 0.236 e. The van der Waals surface area contributed by atoms with Crippen molar-refractivity contribution in [3.63, 3.8) is 0 Å². The molecule has 2 atom stereocenters. The van der Waals surface area contributed by atoms with Gasteiger partial charge < -0.3 is 10.6 Å². The summed E-state index contributed by atoms with van der Waals surface area (Å²) >= 11 is 0. The van der Waals surface area contributed by atoms with Crippen LogP contribution in [0.1, 0.15) is 33.6 Å². The summed E-state index contributed by atoms with van der Waals surface area (Å²) in [5, 5.41) is 6.03. The van der Waals surface area contributed by atoms with Crippen molar-refractivity contribution in [1.29, 1.82) is 0 Å². The number of carbonyl (C=O) groups is 1. The maximum absolute atomic E-state index is 11.6. The van der Waals surface area contributed by atoms with Gasteiger partial charge in [0.1, 0.15) is 0 Å². The van der Waals surface area contributed by atoms with Gasteiger partial charge in [-0.2, -0.15) is 0 Å². The van der Waals surface area contributed by atoms with Crippen molar-refractivity contribution in [2.45, 2.75) is 39.7 Å². The maximum atomic E-state index is 11.6. The Labute approximate surface area is 107 Å². The topological polar surface area (TPSA) is 58.2 Å². The minimum Gasteiger partial charge on any atom is -0.355 e. The van der Waals surface area contributed by atoms with Crippen molar-refractivity contribution in [3.8, 4) is 0 Å². The Hall–Kier alpha value is -0.420. The van der Waals surface area contributed by atoms with Crippen LogP contribution in [-0.4, -0.2) is 41.3 Å². The monoisotopic (exact) mass is 262 g/mol. The average Bonchev–Trinajstić information content (AvgIpc) is 2.23. The quantitative estimate of drug-likeness (QED) is 0.607. The van der Waals surface area contributed by atoms with E-state index in [9.17, 15) is 9.00 Å². The molecule has 2 N–H and O–H groups in total. The Morgan fingerprint density at radius 1 is 1.24 bits per heavy atom. The summed E-state index contributed by atoms with van der Waals surface area (Å²) < 4.78 is 10.8. The number of amides is 1. The lowest BCUT2D eigenvalue weighted by Crippen LogP contribution is -2.43. The Balaban J connectivity index is 3.57. The predicted molar refractivity (Wildman–Crippen MR) is 73.5 cm³/mol. The first-order valence-electron chi connectivity index (χ1n) is 6.24. The van der Waals surface area contributed by atoms with E-state index in [1.807, 2.05) is 6.92 Å². The van der Waals surface area contributed by atoms with E-state index in [1.54, 1.807) is 6.26 Å². The first-order valence-corrected chi connectivity index (χ1v) is 7.97. The van der Waals surface area contributed by atoms with Gasteiger partial charge in [-0.3, -0.25) is 9.00 Å². The molecule has 0 aliphatic heterocycles. The molecule has 0 radical (unpaired) electrons. The first kappa shape index (κ1) is 16.6. The molecule has 0 aromatic heterocycles. The van der Waals surface area contributed by atoms with Gasteiger partial charge in [-0.25, -0.2) is 0 Å². The van der Waals surface area contributed by atoms with Crippen LogP contribution in [0.5, 0.6) is 0 Å². The number of nitrogens with one attached hydrogen (secondary N) is 2. The van der Waals surface area contributed by atoms with Crippen LogP contribution in [0.3, 0.4) is 0 Å². The summed E-state index contributed by atoms with van der Waals surface area (Å²) in [4.78, 5) is 11.6. The third-order valence-corrected chi connectivity index (χ3v) is 3.34. The van der Waals surface area contributed by atoms with Crippen LogP contribution < -0.4 is 10.6 Å². The highest BCUT2D eigenvalue weighted by Gasteiger charge is 2.10. The number of rotatable bonds is 9. The normalized spacial score (nSPS) is 14.6. The second-order valence-electron chi connectivity index (χ2n) is 4.78. The lowest BCUT2D eigenvalue weighted by molar-refractivity contribution is -0.122. The maximum Gasteiger partial charge on any atom is 0.236 e. The summed E-state index contributed by atoms with van der Waals surface area (Å²) in [5.41, 5.74) is 0. The van der Waals surface area contributed by atoms with Gasteiger partial charge in [-0.1, -0.05) is 13.8 Å². The SMILES string of the molecule is CC(C)CCNC(=O)C(C)NCCCS(C)=O. The second-order valence-corrected chi connectivity index (χ2v) is 6.33. The predicted octanol–water partition coefficient (Wildman–Crippen LogP) is 0.895. The molecular formula is C12H26N2O2S. The van der Waals surface area contributed by atoms with Crippen LogP contribution in [0.15, 0.2) is 0 Å². The number of hydrogen-bond donors (Lipinski definition) is 2. The highest BCUT2D eigenvalue weighted by molar-refractivity contribution is 7.84. The summed E-state index contributed by atoms with van der Waals surface area (Å²) in [6.45, 7) is 7.60. The average molecular weight is 262 g/mol. The van der Waals surface area contributed by atoms with E-state index in [0.717, 1.165) is 25.9 Å². The Morgan fingerprint density at radius 2 is 1.88 bits per heavy atom. The van der Waals surface area contributed by atoms with Crippen molar-refractivity contribution in [3.05, 3.63) is 0 Å². The van der Waals surface area contributed by atoms with Crippen molar-refractivity contribution in [2.75, 3.05) is 25.1 Å². The fourth-order valence-electron chi connectivity index (χ4n) is 1.32. The van der Waals surface area contributed by atoms with Gasteiger partial charge in [-0.15, -0.1) is 0 Å². The van der Waals surface area contributed by atoms with Crippen molar-refractivity contribution in [2.24, 2.45) is 5.92 Å². The van der Waals surface area contributed by atoms with E-state index in [4.69, 9.17) is 0 Å². The third-order valence-electron chi connectivity index (χ3n) is 2.47. The molecule has 0 aliphatic carbocycles. The summed E-state index contributed by atoms with van der Waals surface area (Å²) in [5.74, 6) is 1.34. The largest absolute Gasteiger partial charge is 0.355 e. The van der Waals surface area contributed by atoms with Gasteiger partial charge in [0.05, 0.1) is 6.04 Å². The molecule has 102 valence electrons. The van der Waals surface area contributed by atoms with Gasteiger partial charge in [0.2, 0.25) is 5.91 Å².